The van der Waals surface area contributed by atoms with Gasteiger partial charge in [0.1, 0.15) is 0 Å². The van der Waals surface area contributed by atoms with Gasteiger partial charge in [-0.15, -0.1) is 0 Å². The zero-order valence-electron chi connectivity index (χ0n) is 7.39. The van der Waals surface area contributed by atoms with Gasteiger partial charge in [0, 0.05) is 32.7 Å². The van der Waals surface area contributed by atoms with E-state index in [2.05, 4.69) is 0 Å². The van der Waals surface area contributed by atoms with Crippen molar-refractivity contribution in [3.8, 4) is 0 Å². The Kier molecular flexibility index (Phi) is 5.68. The Morgan fingerprint density at radius 1 is 0.818 bits per heavy atom. The molecule has 0 N–H and O–H groups in total. The minimum absolute atomic E-state index is 0. The van der Waals surface area contributed by atoms with Crippen LogP contribution in [0.2, 0.25) is 0 Å². The minimum atomic E-state index is -0.741. The van der Waals surface area contributed by atoms with Gasteiger partial charge >= 0.3 is 0 Å². The van der Waals surface area contributed by atoms with Gasteiger partial charge < -0.3 is 9.59 Å². The Labute approximate surface area is 93.0 Å². The monoisotopic (exact) mass is 229 g/mol. The van der Waals surface area contributed by atoms with Crippen LogP contribution in [0.5, 0.6) is 0 Å². The topological polar surface area (TPSA) is 34.1 Å². The molecule has 61 valence electrons. The largest absolute Gasteiger partial charge is 0.541 e. The third-order valence-corrected chi connectivity index (χ3v) is 2.07. The summed E-state index contributed by atoms with van der Waals surface area (Å²) < 4.78 is 0. The van der Waals surface area contributed by atoms with Gasteiger partial charge in [-0.1, -0.05) is 27.7 Å². The number of hydrogen-bond donors (Lipinski definition) is 0. The van der Waals surface area contributed by atoms with E-state index in [1.165, 1.54) is 0 Å². The van der Waals surface area contributed by atoms with Gasteiger partial charge in [0.2, 0.25) is 0 Å². The third kappa shape index (κ3) is 3.12. The van der Waals surface area contributed by atoms with E-state index in [4.69, 9.17) is 0 Å². The van der Waals surface area contributed by atoms with E-state index in [1.807, 2.05) is 12.6 Å². The van der Waals surface area contributed by atoms with Crippen molar-refractivity contribution in [3.05, 3.63) is 0 Å². The van der Waals surface area contributed by atoms with Crippen molar-refractivity contribution in [2.75, 3.05) is 0 Å². The van der Waals surface area contributed by atoms with Gasteiger partial charge in [0.25, 0.3) is 0 Å². The van der Waals surface area contributed by atoms with E-state index in [9.17, 15) is 9.59 Å². The molecule has 3 heteroatoms. The molecule has 1 radical (unpaired) electrons. The zero-order valence-corrected chi connectivity index (χ0v) is 10.2. The van der Waals surface area contributed by atoms with E-state index < -0.39 is 10.8 Å². The Hall–Kier alpha value is 0.444. The smallest absolute Gasteiger partial charge is 0 e. The van der Waals surface area contributed by atoms with Crippen LogP contribution in [0.4, 0.5) is 0 Å². The molecule has 0 spiro atoms. The van der Waals surface area contributed by atoms with Crippen molar-refractivity contribution >= 4 is 12.6 Å². The molecule has 0 unspecified atom stereocenters. The summed E-state index contributed by atoms with van der Waals surface area (Å²) in [6, 6.07) is 0. The molecule has 0 amide bonds. The van der Waals surface area contributed by atoms with Crippen molar-refractivity contribution in [2.24, 2.45) is 10.8 Å². The first kappa shape index (κ1) is 14.0. The van der Waals surface area contributed by atoms with Crippen molar-refractivity contribution < 1.29 is 42.3 Å². The van der Waals surface area contributed by atoms with Crippen molar-refractivity contribution in [1.82, 2.24) is 0 Å². The van der Waals surface area contributed by atoms with Crippen LogP contribution < -0.4 is 0 Å². The first-order valence-corrected chi connectivity index (χ1v) is 3.16. The number of carbonyl (C=O) groups excluding carboxylic acids is 2. The minimum Gasteiger partial charge on any atom is -0.541 e. The molecule has 0 aliphatic carbocycles. The van der Waals surface area contributed by atoms with Crippen molar-refractivity contribution in [2.45, 2.75) is 27.7 Å². The molecule has 11 heavy (non-hydrogen) atoms. The normalized spacial score (nSPS) is 11.6. The molecule has 0 aromatic rings. The number of rotatable bonds is 3. The molecule has 0 fully saturated rings. The SMILES string of the molecule is CC(C)([C-]=O)C(C)(C)[C-]=O.[Y]. The number of hydrogen-bond acceptors (Lipinski definition) is 2. The molecule has 0 aromatic heterocycles. The van der Waals surface area contributed by atoms with Crippen LogP contribution in [0.3, 0.4) is 0 Å². The molecule has 0 saturated heterocycles. The molecule has 0 bridgehead atoms. The quantitative estimate of drug-likeness (QED) is 0.682. The van der Waals surface area contributed by atoms with Crippen LogP contribution in [-0.4, -0.2) is 12.6 Å². The second-order valence-electron chi connectivity index (χ2n) is 3.45. The first-order valence-electron chi connectivity index (χ1n) is 3.16. The van der Waals surface area contributed by atoms with Crippen LogP contribution >= 0.6 is 0 Å². The van der Waals surface area contributed by atoms with E-state index >= 15 is 0 Å². The first-order chi connectivity index (χ1) is 4.37. The van der Waals surface area contributed by atoms with E-state index in [-0.39, 0.29) is 32.7 Å². The predicted octanol–water partition coefficient (Wildman–Crippen LogP) is 1.26. The van der Waals surface area contributed by atoms with Gasteiger partial charge in [-0.2, -0.15) is 10.8 Å². The summed E-state index contributed by atoms with van der Waals surface area (Å²) in [4.78, 5) is 20.7. The van der Waals surface area contributed by atoms with E-state index in [0.717, 1.165) is 0 Å². The van der Waals surface area contributed by atoms with Gasteiger partial charge in [-0.25, -0.2) is 0 Å². The molecule has 0 aliphatic heterocycles. The second kappa shape index (κ2) is 4.46. The molecule has 2 nitrogen and oxygen atoms in total. The maximum absolute atomic E-state index is 10.3. The average Bonchev–Trinajstić information content (AvgIpc) is 1.88. The standard InChI is InChI=1S/C8H12O2.Y/c1-7(2,5-9)8(3,4)6-10;/h1-4H3;/q-2;. The van der Waals surface area contributed by atoms with E-state index in [0.29, 0.717) is 0 Å². The molecule has 0 heterocycles. The van der Waals surface area contributed by atoms with E-state index in [1.54, 1.807) is 27.7 Å². The van der Waals surface area contributed by atoms with Crippen LogP contribution in [0.25, 0.3) is 0 Å². The second-order valence-corrected chi connectivity index (χ2v) is 3.45. The summed E-state index contributed by atoms with van der Waals surface area (Å²) in [6.45, 7) is 6.69. The molecule has 0 aliphatic rings. The van der Waals surface area contributed by atoms with Crippen molar-refractivity contribution in [3.63, 3.8) is 0 Å². The maximum Gasteiger partial charge on any atom is 0 e. The summed E-state index contributed by atoms with van der Waals surface area (Å²) in [5, 5.41) is 0. The van der Waals surface area contributed by atoms with Crippen LogP contribution in [-0.2, 0) is 42.3 Å². The van der Waals surface area contributed by atoms with Gasteiger partial charge in [-0.3, -0.25) is 12.6 Å². The summed E-state index contributed by atoms with van der Waals surface area (Å²) in [7, 11) is 0. The Morgan fingerprint density at radius 3 is 1.09 bits per heavy atom. The molecular formula is C8H12O2Y-2. The molecule has 0 saturated carbocycles. The summed E-state index contributed by atoms with van der Waals surface area (Å²) in [6.07, 6.45) is 3.64. The average molecular weight is 229 g/mol. The summed E-state index contributed by atoms with van der Waals surface area (Å²) in [5.41, 5.74) is -1.48. The van der Waals surface area contributed by atoms with Crippen LogP contribution in [0, 0.1) is 10.8 Å². The fourth-order valence-corrected chi connectivity index (χ4v) is 0.255. The fraction of sp³-hybridized carbons (Fsp3) is 0.750. The zero-order chi connectivity index (χ0) is 8.41. The van der Waals surface area contributed by atoms with Gasteiger partial charge in [0.05, 0.1) is 0 Å². The van der Waals surface area contributed by atoms with Crippen molar-refractivity contribution in [1.29, 1.82) is 0 Å². The Balaban J connectivity index is 0. The van der Waals surface area contributed by atoms with Gasteiger partial charge in [0.15, 0.2) is 0 Å². The Bertz CT molecular complexity index is 132. The summed E-state index contributed by atoms with van der Waals surface area (Å²) in [5.74, 6) is 0. The molecular weight excluding hydrogens is 217 g/mol. The third-order valence-electron chi connectivity index (χ3n) is 2.07. The maximum atomic E-state index is 10.3. The molecule has 0 atom stereocenters. The molecule has 0 aromatic carbocycles. The van der Waals surface area contributed by atoms with Crippen LogP contribution in [0.1, 0.15) is 27.7 Å². The Morgan fingerprint density at radius 2 is 1.00 bits per heavy atom. The van der Waals surface area contributed by atoms with Crippen LogP contribution in [0.15, 0.2) is 0 Å². The fourth-order valence-electron chi connectivity index (χ4n) is 0.255. The molecule has 0 rings (SSSR count). The van der Waals surface area contributed by atoms with Gasteiger partial charge in [-0.05, 0) is 0 Å². The predicted molar refractivity (Wildman–Crippen MR) is 38.9 cm³/mol. The summed E-state index contributed by atoms with van der Waals surface area (Å²) >= 11 is 0.